The van der Waals surface area contributed by atoms with Gasteiger partial charge < -0.3 is 24.5 Å². The minimum Gasteiger partial charge on any atom is -0.451 e. The number of carbonyl (C=O) groups is 3. The zero-order valence-corrected chi connectivity index (χ0v) is 23.7. The van der Waals surface area contributed by atoms with Gasteiger partial charge >= 0.3 is 12.3 Å². The van der Waals surface area contributed by atoms with Crippen LogP contribution in [-0.4, -0.2) is 40.6 Å². The number of anilines is 1. The number of amides is 3. The number of halogens is 8. The molecule has 0 radical (unpaired) electrons. The number of methoxy groups -OCH3 is 1. The van der Waals surface area contributed by atoms with Crippen molar-refractivity contribution < 1.29 is 49.9 Å². The Kier molecular flexibility index (Phi) is 8.12. The SMILES string of the molecule is COC(=O)/N=c1\n(C)c2c3c(c(NC(=O)c4cc(F)cc(C(F)(F)F)c4)cc2n1CC(F)F)C(c1cc(F)ccc1Cl)NC3=O. The van der Waals surface area contributed by atoms with Gasteiger partial charge in [0.1, 0.15) is 11.6 Å². The maximum atomic E-state index is 14.3. The Hall–Kier alpha value is -4.86. The highest BCUT2D eigenvalue weighted by Gasteiger charge is 2.38. The second kappa shape index (κ2) is 11.6. The molecule has 0 bridgehead atoms. The lowest BCUT2D eigenvalue weighted by molar-refractivity contribution is -0.137. The van der Waals surface area contributed by atoms with Crippen molar-refractivity contribution in [2.45, 2.75) is 25.2 Å². The molecule has 0 aliphatic carbocycles. The zero-order valence-electron chi connectivity index (χ0n) is 22.9. The first-order valence-corrected chi connectivity index (χ1v) is 13.1. The zero-order chi connectivity index (χ0) is 33.0. The standard InChI is InChI=1S/C28H19ClF7N5O4/c1-40-23-18(41(10-19(32)33)26(40)39-27(44)45-2)9-17(37-24(42)11-5-12(28(34,35)36)7-14(31)6-11)20-21(23)25(43)38-22(20)15-8-13(30)3-4-16(15)29/h3-9,19,22H,10H2,1-2H3,(H,37,42)(H,38,43)/b39-26+. The lowest BCUT2D eigenvalue weighted by Crippen LogP contribution is -2.28. The maximum absolute atomic E-state index is 14.3. The van der Waals surface area contributed by atoms with Crippen molar-refractivity contribution in [1.29, 1.82) is 0 Å². The summed E-state index contributed by atoms with van der Waals surface area (Å²) in [6, 6.07) is 4.22. The van der Waals surface area contributed by atoms with Crippen molar-refractivity contribution in [3.63, 3.8) is 0 Å². The van der Waals surface area contributed by atoms with E-state index in [9.17, 15) is 45.1 Å². The van der Waals surface area contributed by atoms with Gasteiger partial charge in [-0.05, 0) is 42.5 Å². The number of ether oxygens (including phenoxy) is 1. The summed E-state index contributed by atoms with van der Waals surface area (Å²) in [4.78, 5) is 42.6. The molecule has 4 aromatic rings. The van der Waals surface area contributed by atoms with E-state index in [-0.39, 0.29) is 50.1 Å². The van der Waals surface area contributed by atoms with Crippen LogP contribution in [-0.2, 0) is 24.5 Å². The van der Waals surface area contributed by atoms with Gasteiger partial charge in [0.2, 0.25) is 5.62 Å². The Morgan fingerprint density at radius 1 is 1.11 bits per heavy atom. The van der Waals surface area contributed by atoms with E-state index in [1.165, 1.54) is 13.1 Å². The fraction of sp³-hybridized carbons (Fsp3) is 0.214. The van der Waals surface area contributed by atoms with E-state index >= 15 is 0 Å². The second-order valence-electron chi connectivity index (χ2n) is 9.78. The van der Waals surface area contributed by atoms with Crippen LogP contribution in [0.15, 0.2) is 47.5 Å². The number of alkyl halides is 5. The summed E-state index contributed by atoms with van der Waals surface area (Å²) >= 11 is 6.32. The van der Waals surface area contributed by atoms with Crippen molar-refractivity contribution >= 4 is 46.2 Å². The smallest absolute Gasteiger partial charge is 0.436 e. The average Bonchev–Trinajstić information content (AvgIpc) is 3.42. The van der Waals surface area contributed by atoms with E-state index in [1.54, 1.807) is 0 Å². The quantitative estimate of drug-likeness (QED) is 0.259. The molecule has 0 fully saturated rings. The number of hydrogen-bond donors (Lipinski definition) is 2. The van der Waals surface area contributed by atoms with E-state index in [0.29, 0.717) is 12.1 Å². The molecule has 1 atom stereocenters. The minimum atomic E-state index is -5.00. The summed E-state index contributed by atoms with van der Waals surface area (Å²) in [5.74, 6) is -4.23. The molecule has 45 heavy (non-hydrogen) atoms. The molecule has 0 spiro atoms. The van der Waals surface area contributed by atoms with Crippen LogP contribution < -0.4 is 16.3 Å². The number of nitrogens with zero attached hydrogens (tertiary/aromatic N) is 3. The molecule has 1 aromatic heterocycles. The summed E-state index contributed by atoms with van der Waals surface area (Å²) in [7, 11) is 2.31. The normalized spacial score (nSPS) is 15.0. The summed E-state index contributed by atoms with van der Waals surface area (Å²) in [5, 5.41) is 4.91. The van der Waals surface area contributed by atoms with Crippen LogP contribution in [0.3, 0.4) is 0 Å². The molecule has 1 unspecified atom stereocenters. The van der Waals surface area contributed by atoms with E-state index < -0.39 is 65.9 Å². The molecule has 3 amide bonds. The van der Waals surface area contributed by atoms with Crippen LogP contribution in [0, 0.1) is 11.6 Å². The van der Waals surface area contributed by atoms with Crippen molar-refractivity contribution in [2.24, 2.45) is 12.0 Å². The molecular formula is C28H19ClF7N5O4. The Morgan fingerprint density at radius 3 is 2.47 bits per heavy atom. The number of imidazole rings is 1. The lowest BCUT2D eigenvalue weighted by Gasteiger charge is -2.19. The Balaban J connectivity index is 1.83. The third-order valence-corrected chi connectivity index (χ3v) is 7.31. The number of benzene rings is 3. The predicted octanol–water partition coefficient (Wildman–Crippen LogP) is 5.95. The molecule has 9 nitrogen and oxygen atoms in total. The Bertz CT molecular complexity index is 1970. The molecular weight excluding hydrogens is 639 g/mol. The number of fused-ring (bicyclic) bond motifs is 3. The fourth-order valence-electron chi connectivity index (χ4n) is 5.14. The first-order chi connectivity index (χ1) is 21.1. The predicted molar refractivity (Wildman–Crippen MR) is 145 cm³/mol. The van der Waals surface area contributed by atoms with Crippen LogP contribution in [0.4, 0.5) is 41.2 Å². The number of hydrogen-bond acceptors (Lipinski definition) is 4. The largest absolute Gasteiger partial charge is 0.451 e. The molecule has 0 saturated carbocycles. The lowest BCUT2D eigenvalue weighted by atomic mass is 9.95. The molecule has 17 heteroatoms. The molecule has 236 valence electrons. The van der Waals surface area contributed by atoms with Crippen LogP contribution in [0.5, 0.6) is 0 Å². The number of aryl methyl sites for hydroxylation is 1. The third-order valence-electron chi connectivity index (χ3n) is 6.97. The number of nitrogens with one attached hydrogen (secondary N) is 2. The molecule has 2 N–H and O–H groups in total. The van der Waals surface area contributed by atoms with Gasteiger partial charge in [-0.15, -0.1) is 4.99 Å². The molecule has 1 aliphatic heterocycles. The van der Waals surface area contributed by atoms with Crippen LogP contribution in [0.2, 0.25) is 5.02 Å². The highest BCUT2D eigenvalue weighted by Crippen LogP contribution is 2.43. The van der Waals surface area contributed by atoms with Gasteiger partial charge in [0, 0.05) is 34.4 Å². The number of aromatic nitrogens is 2. The Labute approximate surface area is 252 Å². The summed E-state index contributed by atoms with van der Waals surface area (Å²) < 4.78 is 103. The van der Waals surface area contributed by atoms with E-state index in [4.69, 9.17) is 11.6 Å². The highest BCUT2D eigenvalue weighted by molar-refractivity contribution is 6.31. The second-order valence-corrected chi connectivity index (χ2v) is 10.2. The van der Waals surface area contributed by atoms with Crippen LogP contribution in [0.25, 0.3) is 11.0 Å². The summed E-state index contributed by atoms with van der Waals surface area (Å²) in [6.07, 6.45) is -9.19. The van der Waals surface area contributed by atoms with Gasteiger partial charge in [-0.1, -0.05) is 11.6 Å². The van der Waals surface area contributed by atoms with Gasteiger partial charge in [0.15, 0.2) is 0 Å². The van der Waals surface area contributed by atoms with Crippen LogP contribution in [0.1, 0.15) is 43.4 Å². The van der Waals surface area contributed by atoms with E-state index in [1.807, 2.05) is 0 Å². The fourth-order valence-corrected chi connectivity index (χ4v) is 5.37. The number of carbonyl (C=O) groups excluding carboxylic acids is 3. The van der Waals surface area contributed by atoms with Gasteiger partial charge in [-0.3, -0.25) is 9.59 Å². The van der Waals surface area contributed by atoms with Gasteiger partial charge in [-0.25, -0.2) is 22.4 Å². The molecule has 1 aliphatic rings. The molecule has 0 saturated heterocycles. The summed E-state index contributed by atoms with van der Waals surface area (Å²) in [6.45, 7) is -1.06. The van der Waals surface area contributed by atoms with Gasteiger partial charge in [0.25, 0.3) is 18.2 Å². The third kappa shape index (κ3) is 5.84. The molecule has 5 rings (SSSR count). The Morgan fingerprint density at radius 2 is 1.82 bits per heavy atom. The van der Waals surface area contributed by atoms with Gasteiger partial charge in [0.05, 0.1) is 41.9 Å². The van der Waals surface area contributed by atoms with Crippen molar-refractivity contribution in [3.05, 3.63) is 92.6 Å². The van der Waals surface area contributed by atoms with E-state index in [0.717, 1.165) is 34.4 Å². The van der Waals surface area contributed by atoms with Crippen LogP contribution >= 0.6 is 11.6 Å². The number of rotatable bonds is 5. The summed E-state index contributed by atoms with van der Waals surface area (Å²) in [5.41, 5.74) is -3.42. The topological polar surface area (TPSA) is 107 Å². The van der Waals surface area contributed by atoms with Crippen molar-refractivity contribution in [1.82, 2.24) is 14.5 Å². The molecule has 3 aromatic carbocycles. The van der Waals surface area contributed by atoms with Crippen molar-refractivity contribution in [3.8, 4) is 0 Å². The maximum Gasteiger partial charge on any atom is 0.436 e. The van der Waals surface area contributed by atoms with Crippen molar-refractivity contribution in [2.75, 3.05) is 12.4 Å². The van der Waals surface area contributed by atoms with E-state index in [2.05, 4.69) is 20.4 Å². The monoisotopic (exact) mass is 657 g/mol. The first kappa shape index (κ1) is 31.6. The van der Waals surface area contributed by atoms with Gasteiger partial charge in [-0.2, -0.15) is 13.2 Å². The highest BCUT2D eigenvalue weighted by atomic mass is 35.5. The molecule has 2 heterocycles. The minimum absolute atomic E-state index is 0.0119. The average molecular weight is 658 g/mol. The first-order valence-electron chi connectivity index (χ1n) is 12.7.